The average Bonchev–Trinajstić information content (AvgIpc) is 2.63. The fraction of sp³-hybridized carbons (Fsp3) is 0.381. The van der Waals surface area contributed by atoms with E-state index >= 15 is 0 Å². The molecule has 26 heavy (non-hydrogen) atoms. The van der Waals surface area contributed by atoms with E-state index in [1.807, 2.05) is 18.2 Å². The van der Waals surface area contributed by atoms with Crippen molar-refractivity contribution in [1.29, 1.82) is 0 Å². The Morgan fingerprint density at radius 3 is 2.19 bits per heavy atom. The van der Waals surface area contributed by atoms with Crippen LogP contribution in [0.5, 0.6) is 17.2 Å². The van der Waals surface area contributed by atoms with Crippen LogP contribution in [0.2, 0.25) is 0 Å². The molecule has 1 aromatic heterocycles. The van der Waals surface area contributed by atoms with Crippen molar-refractivity contribution in [2.75, 3.05) is 13.2 Å². The van der Waals surface area contributed by atoms with E-state index in [0.29, 0.717) is 37.2 Å². The van der Waals surface area contributed by atoms with Crippen molar-refractivity contribution < 1.29 is 19.0 Å². The number of para-hydroxylation sites is 1. The van der Waals surface area contributed by atoms with Crippen LogP contribution in [0.15, 0.2) is 51.7 Å². The molecule has 1 aromatic carbocycles. The van der Waals surface area contributed by atoms with E-state index < -0.39 is 5.63 Å². The predicted octanol–water partition coefficient (Wildman–Crippen LogP) is 4.97. The van der Waals surface area contributed by atoms with Crippen molar-refractivity contribution in [2.45, 2.75) is 39.5 Å². The zero-order chi connectivity index (χ0) is 18.8. The molecule has 0 spiro atoms. The second-order valence-corrected chi connectivity index (χ2v) is 5.74. The highest BCUT2D eigenvalue weighted by atomic mass is 16.5. The third-order valence-electron chi connectivity index (χ3n) is 3.69. The summed E-state index contributed by atoms with van der Waals surface area (Å²) in [4.78, 5) is 12.3. The Morgan fingerprint density at radius 1 is 0.962 bits per heavy atom. The molecular weight excluding hydrogens is 332 g/mol. The van der Waals surface area contributed by atoms with E-state index in [4.69, 9.17) is 13.9 Å². The smallest absolute Gasteiger partial charge is 0.383 e. The first-order valence-electron chi connectivity index (χ1n) is 9.03. The summed E-state index contributed by atoms with van der Waals surface area (Å²) in [5.41, 5.74) is -0.549. The van der Waals surface area contributed by atoms with E-state index in [2.05, 4.69) is 19.9 Å². The first-order valence-corrected chi connectivity index (χ1v) is 9.03. The number of hydrogen-bond acceptors (Lipinski definition) is 5. The van der Waals surface area contributed by atoms with Gasteiger partial charge in [0.2, 0.25) is 5.75 Å². The summed E-state index contributed by atoms with van der Waals surface area (Å²) >= 11 is 0. The van der Waals surface area contributed by atoms with Gasteiger partial charge in [-0.25, -0.2) is 4.79 Å². The van der Waals surface area contributed by atoms with Crippen LogP contribution in [0.3, 0.4) is 0 Å². The van der Waals surface area contributed by atoms with Crippen molar-refractivity contribution in [3.8, 4) is 17.2 Å². The van der Waals surface area contributed by atoms with Gasteiger partial charge >= 0.3 is 5.63 Å². The van der Waals surface area contributed by atoms with Crippen molar-refractivity contribution in [3.63, 3.8) is 0 Å². The highest BCUT2D eigenvalue weighted by Crippen LogP contribution is 2.36. The molecule has 0 radical (unpaired) electrons. The molecule has 1 heterocycles. The lowest BCUT2D eigenvalue weighted by molar-refractivity contribution is 0.264. The van der Waals surface area contributed by atoms with Gasteiger partial charge in [0.05, 0.1) is 18.6 Å². The Bertz CT molecular complexity index is 817. The quantitative estimate of drug-likeness (QED) is 0.369. The number of hydrogen-bond donors (Lipinski definition) is 1. The van der Waals surface area contributed by atoms with Gasteiger partial charge in [-0.05, 0) is 37.8 Å². The number of allylic oxidation sites excluding steroid dienone is 2. The molecule has 0 fully saturated rings. The maximum absolute atomic E-state index is 12.3. The zero-order valence-corrected chi connectivity index (χ0v) is 15.4. The summed E-state index contributed by atoms with van der Waals surface area (Å²) in [6, 6.07) is 4.88. The molecule has 5 nitrogen and oxygen atoms in total. The number of fused-ring (bicyclic) bond motifs is 1. The second kappa shape index (κ2) is 10.3. The summed E-state index contributed by atoms with van der Waals surface area (Å²) in [6.45, 7) is 4.87. The molecule has 0 saturated carbocycles. The van der Waals surface area contributed by atoms with Gasteiger partial charge in [-0.2, -0.15) is 0 Å². The highest BCUT2D eigenvalue weighted by molar-refractivity contribution is 5.89. The number of rotatable bonds is 10. The monoisotopic (exact) mass is 358 g/mol. The fourth-order valence-electron chi connectivity index (χ4n) is 2.46. The number of phenolic OH excluding ortho intramolecular Hbond substituents is 1. The maximum Gasteiger partial charge on any atom is 0.383 e. The van der Waals surface area contributed by atoms with E-state index in [-0.39, 0.29) is 17.1 Å². The Balaban J connectivity index is 2.30. The average molecular weight is 358 g/mol. The van der Waals surface area contributed by atoms with Gasteiger partial charge in [0, 0.05) is 0 Å². The van der Waals surface area contributed by atoms with Crippen LogP contribution in [-0.4, -0.2) is 18.3 Å². The van der Waals surface area contributed by atoms with Crippen LogP contribution in [0.25, 0.3) is 11.0 Å². The van der Waals surface area contributed by atoms with Crippen LogP contribution < -0.4 is 15.1 Å². The molecular formula is C21H26O5. The van der Waals surface area contributed by atoms with Crippen molar-refractivity contribution in [3.05, 3.63) is 52.9 Å². The minimum atomic E-state index is -0.655. The van der Waals surface area contributed by atoms with E-state index in [1.54, 1.807) is 12.1 Å². The summed E-state index contributed by atoms with van der Waals surface area (Å²) in [7, 11) is 0. The molecule has 2 aromatic rings. The number of aromatic hydroxyl groups is 1. The third-order valence-corrected chi connectivity index (χ3v) is 3.69. The summed E-state index contributed by atoms with van der Waals surface area (Å²) in [5.74, 6) is 0.261. The molecule has 140 valence electrons. The minimum Gasteiger partial charge on any atom is -0.504 e. The van der Waals surface area contributed by atoms with Crippen LogP contribution >= 0.6 is 0 Å². The molecule has 5 heteroatoms. The summed E-state index contributed by atoms with van der Waals surface area (Å²) < 4.78 is 16.7. The van der Waals surface area contributed by atoms with Crippen LogP contribution in [-0.2, 0) is 0 Å². The van der Waals surface area contributed by atoms with Crippen molar-refractivity contribution in [1.82, 2.24) is 0 Å². The molecule has 1 N–H and O–H groups in total. The van der Waals surface area contributed by atoms with Gasteiger partial charge in [-0.3, -0.25) is 0 Å². The van der Waals surface area contributed by atoms with Gasteiger partial charge in [0.15, 0.2) is 17.1 Å². The second-order valence-electron chi connectivity index (χ2n) is 5.74. The number of ether oxygens (including phenoxy) is 2. The predicted molar refractivity (Wildman–Crippen MR) is 103 cm³/mol. The Morgan fingerprint density at radius 2 is 1.58 bits per heavy atom. The van der Waals surface area contributed by atoms with Gasteiger partial charge in [0.25, 0.3) is 0 Å². The maximum atomic E-state index is 12.3. The fourth-order valence-corrected chi connectivity index (χ4v) is 2.46. The molecule has 0 aliphatic carbocycles. The highest BCUT2D eigenvalue weighted by Gasteiger charge is 2.19. The van der Waals surface area contributed by atoms with Crippen LogP contribution in [0.4, 0.5) is 0 Å². The van der Waals surface area contributed by atoms with Gasteiger partial charge in [-0.15, -0.1) is 0 Å². The molecule has 0 bridgehead atoms. The molecule has 0 aliphatic rings. The van der Waals surface area contributed by atoms with E-state index in [0.717, 1.165) is 12.8 Å². The van der Waals surface area contributed by atoms with Gasteiger partial charge in [-0.1, -0.05) is 44.2 Å². The molecule has 0 unspecified atom stereocenters. The first kappa shape index (κ1) is 19.6. The van der Waals surface area contributed by atoms with Gasteiger partial charge < -0.3 is 19.0 Å². The van der Waals surface area contributed by atoms with Crippen LogP contribution in [0.1, 0.15) is 39.5 Å². The van der Waals surface area contributed by atoms with E-state index in [1.165, 1.54) is 6.07 Å². The molecule has 0 atom stereocenters. The normalized spacial score (nSPS) is 11.6. The summed E-state index contributed by atoms with van der Waals surface area (Å²) in [5, 5.41) is 10.5. The third kappa shape index (κ3) is 5.15. The minimum absolute atomic E-state index is 0.0486. The lowest BCUT2D eigenvalue weighted by atomic mass is 10.2. The SMILES string of the molecule is CCC=CCCOc1c(OCCC=CCC)c2cccc(O)c2oc1=O. The Hall–Kier alpha value is -2.69. The van der Waals surface area contributed by atoms with Crippen molar-refractivity contribution >= 4 is 11.0 Å². The zero-order valence-electron chi connectivity index (χ0n) is 15.4. The number of phenols is 1. The lowest BCUT2D eigenvalue weighted by Crippen LogP contribution is -2.11. The Kier molecular flexibility index (Phi) is 7.80. The Labute approximate surface area is 153 Å². The van der Waals surface area contributed by atoms with E-state index in [9.17, 15) is 9.90 Å². The lowest BCUT2D eigenvalue weighted by Gasteiger charge is -2.13. The molecule has 2 rings (SSSR count). The van der Waals surface area contributed by atoms with Gasteiger partial charge in [0.1, 0.15) is 0 Å². The molecule has 0 aliphatic heterocycles. The largest absolute Gasteiger partial charge is 0.504 e. The topological polar surface area (TPSA) is 68.9 Å². The van der Waals surface area contributed by atoms with Crippen LogP contribution in [0, 0.1) is 0 Å². The standard InChI is InChI=1S/C21H26O5/c1-3-5-7-9-14-24-19-16-12-11-13-17(22)18(16)26-21(23)20(19)25-15-10-8-6-4-2/h5-8,11-13,22H,3-4,9-10,14-15H2,1-2H3. The van der Waals surface area contributed by atoms with Crippen molar-refractivity contribution in [2.24, 2.45) is 0 Å². The molecule has 0 saturated heterocycles. The first-order chi connectivity index (χ1) is 12.7. The summed E-state index contributed by atoms with van der Waals surface area (Å²) in [6.07, 6.45) is 11.5. The molecule has 0 amide bonds. The number of benzene rings is 1.